The molecule has 5 heteroatoms. The van der Waals surface area contributed by atoms with Crippen LogP contribution in [0.5, 0.6) is 0 Å². The lowest BCUT2D eigenvalue weighted by molar-refractivity contribution is -0.212. The van der Waals surface area contributed by atoms with Gasteiger partial charge in [0.25, 0.3) is 0 Å². The summed E-state index contributed by atoms with van der Waals surface area (Å²) in [5.41, 5.74) is -0.545. The molecular weight excluding hydrogens is 224 g/mol. The molecule has 5 nitrogen and oxygen atoms in total. The Balaban J connectivity index is 1.72. The highest BCUT2D eigenvalue weighted by molar-refractivity contribution is 5.83. The summed E-state index contributed by atoms with van der Waals surface area (Å²) >= 11 is 0. The molecule has 1 saturated heterocycles. The van der Waals surface area contributed by atoms with E-state index in [2.05, 4.69) is 0 Å². The first-order chi connectivity index (χ1) is 8.12. The molecule has 1 aliphatic carbocycles. The number of aliphatic hydroxyl groups is 1. The SMILES string of the molecule is O=C1C=C(O)CC2(CCC3(CC2)OCCO3)O1. The third-order valence-electron chi connectivity index (χ3n) is 3.84. The third-order valence-corrected chi connectivity index (χ3v) is 3.84. The number of hydrogen-bond acceptors (Lipinski definition) is 5. The van der Waals surface area contributed by atoms with Crippen molar-refractivity contribution in [1.29, 1.82) is 0 Å². The van der Waals surface area contributed by atoms with Crippen molar-refractivity contribution in [3.8, 4) is 0 Å². The highest BCUT2D eigenvalue weighted by atomic mass is 16.7. The maximum Gasteiger partial charge on any atom is 0.334 e. The van der Waals surface area contributed by atoms with E-state index in [-0.39, 0.29) is 5.76 Å². The molecule has 0 radical (unpaired) electrons. The minimum Gasteiger partial charge on any atom is -0.512 e. The van der Waals surface area contributed by atoms with Crippen LogP contribution in [0.2, 0.25) is 0 Å². The van der Waals surface area contributed by atoms with E-state index in [1.807, 2.05) is 0 Å². The average molecular weight is 240 g/mol. The Bertz CT molecular complexity index is 357. The van der Waals surface area contributed by atoms with Gasteiger partial charge in [-0.1, -0.05) is 0 Å². The standard InChI is InChI=1S/C12H16O5/c13-9-7-10(14)17-11(8-9)1-3-12(4-2-11)15-5-6-16-12/h7,13H,1-6,8H2. The fourth-order valence-electron chi connectivity index (χ4n) is 2.95. The molecule has 2 heterocycles. The topological polar surface area (TPSA) is 65.0 Å². The van der Waals surface area contributed by atoms with Crippen LogP contribution in [0.1, 0.15) is 32.1 Å². The summed E-state index contributed by atoms with van der Waals surface area (Å²) in [6.45, 7) is 1.27. The van der Waals surface area contributed by atoms with E-state index in [1.165, 1.54) is 0 Å². The van der Waals surface area contributed by atoms with Crippen LogP contribution in [0.25, 0.3) is 0 Å². The van der Waals surface area contributed by atoms with Gasteiger partial charge in [0, 0.05) is 19.3 Å². The van der Waals surface area contributed by atoms with Gasteiger partial charge in [-0.2, -0.15) is 0 Å². The zero-order chi connectivity index (χ0) is 11.9. The van der Waals surface area contributed by atoms with Crippen LogP contribution in [-0.2, 0) is 19.0 Å². The molecule has 1 saturated carbocycles. The number of carbonyl (C=O) groups is 1. The molecule has 0 atom stereocenters. The Morgan fingerprint density at radius 3 is 2.35 bits per heavy atom. The second-order valence-electron chi connectivity index (χ2n) is 5.02. The minimum absolute atomic E-state index is 0.116. The van der Waals surface area contributed by atoms with E-state index < -0.39 is 17.4 Å². The highest BCUT2D eigenvalue weighted by Gasteiger charge is 2.49. The zero-order valence-corrected chi connectivity index (χ0v) is 9.61. The number of hydrogen-bond donors (Lipinski definition) is 1. The van der Waals surface area contributed by atoms with Crippen molar-refractivity contribution in [1.82, 2.24) is 0 Å². The van der Waals surface area contributed by atoms with Crippen LogP contribution in [0.4, 0.5) is 0 Å². The van der Waals surface area contributed by atoms with Gasteiger partial charge < -0.3 is 19.3 Å². The van der Waals surface area contributed by atoms with Crippen molar-refractivity contribution in [2.45, 2.75) is 43.5 Å². The van der Waals surface area contributed by atoms with Crippen molar-refractivity contribution < 1.29 is 24.1 Å². The van der Waals surface area contributed by atoms with E-state index in [0.29, 0.717) is 45.3 Å². The van der Waals surface area contributed by atoms with Gasteiger partial charge >= 0.3 is 5.97 Å². The second kappa shape index (κ2) is 3.71. The summed E-state index contributed by atoms with van der Waals surface area (Å²) in [6.07, 6.45) is 4.35. The van der Waals surface area contributed by atoms with E-state index in [1.54, 1.807) is 0 Å². The van der Waals surface area contributed by atoms with Gasteiger partial charge in [0.05, 0.1) is 19.3 Å². The molecule has 17 heavy (non-hydrogen) atoms. The first-order valence-electron chi connectivity index (χ1n) is 6.02. The van der Waals surface area contributed by atoms with Crippen LogP contribution < -0.4 is 0 Å². The Kier molecular flexibility index (Phi) is 2.41. The number of aliphatic hydroxyl groups excluding tert-OH is 1. The fourth-order valence-corrected chi connectivity index (χ4v) is 2.95. The summed E-state index contributed by atoms with van der Waals surface area (Å²) < 4.78 is 16.7. The molecule has 0 unspecified atom stereocenters. The summed E-state index contributed by atoms with van der Waals surface area (Å²) in [5, 5.41) is 9.55. The van der Waals surface area contributed by atoms with Crippen LogP contribution >= 0.6 is 0 Å². The van der Waals surface area contributed by atoms with Crippen molar-refractivity contribution in [2.24, 2.45) is 0 Å². The molecule has 0 amide bonds. The third kappa shape index (κ3) is 1.93. The van der Waals surface area contributed by atoms with Crippen LogP contribution in [0.3, 0.4) is 0 Å². The fraction of sp³-hybridized carbons (Fsp3) is 0.750. The van der Waals surface area contributed by atoms with Gasteiger partial charge in [0.1, 0.15) is 11.4 Å². The van der Waals surface area contributed by atoms with E-state index in [9.17, 15) is 9.90 Å². The summed E-state index contributed by atoms with van der Waals surface area (Å²) in [4.78, 5) is 11.3. The monoisotopic (exact) mass is 240 g/mol. The van der Waals surface area contributed by atoms with E-state index in [4.69, 9.17) is 14.2 Å². The average Bonchev–Trinajstić information content (AvgIpc) is 2.71. The van der Waals surface area contributed by atoms with Gasteiger partial charge in [-0.05, 0) is 12.8 Å². The lowest BCUT2D eigenvalue weighted by Gasteiger charge is -2.43. The zero-order valence-electron chi connectivity index (χ0n) is 9.61. The molecule has 0 aromatic carbocycles. The Labute approximate surface area is 99.3 Å². The minimum atomic E-state index is -0.545. The molecule has 2 fully saturated rings. The Morgan fingerprint density at radius 1 is 1.12 bits per heavy atom. The predicted octanol–water partition coefficient (Wildman–Crippen LogP) is 1.43. The quantitative estimate of drug-likeness (QED) is 0.649. The lowest BCUT2D eigenvalue weighted by Crippen LogP contribution is -2.47. The van der Waals surface area contributed by atoms with E-state index in [0.717, 1.165) is 6.08 Å². The molecule has 1 N–H and O–H groups in total. The van der Waals surface area contributed by atoms with Crippen LogP contribution in [-0.4, -0.2) is 35.7 Å². The molecule has 2 spiro atoms. The van der Waals surface area contributed by atoms with Crippen molar-refractivity contribution in [2.75, 3.05) is 13.2 Å². The molecule has 3 aliphatic rings. The highest BCUT2D eigenvalue weighted by Crippen LogP contribution is 2.45. The van der Waals surface area contributed by atoms with E-state index >= 15 is 0 Å². The van der Waals surface area contributed by atoms with Crippen molar-refractivity contribution >= 4 is 5.97 Å². The maximum absolute atomic E-state index is 11.3. The van der Waals surface area contributed by atoms with Gasteiger partial charge in [-0.3, -0.25) is 0 Å². The number of ether oxygens (including phenoxy) is 3. The summed E-state index contributed by atoms with van der Waals surface area (Å²) in [6, 6.07) is 0. The summed E-state index contributed by atoms with van der Waals surface area (Å²) in [5.74, 6) is -0.794. The van der Waals surface area contributed by atoms with Crippen LogP contribution in [0.15, 0.2) is 11.8 Å². The molecule has 94 valence electrons. The lowest BCUT2D eigenvalue weighted by atomic mass is 9.78. The summed E-state index contributed by atoms with van der Waals surface area (Å²) in [7, 11) is 0. The molecular formula is C12H16O5. The first kappa shape index (κ1) is 11.0. The number of esters is 1. The van der Waals surface area contributed by atoms with Crippen molar-refractivity contribution in [3.63, 3.8) is 0 Å². The van der Waals surface area contributed by atoms with Crippen LogP contribution in [0, 0.1) is 0 Å². The van der Waals surface area contributed by atoms with Gasteiger partial charge in [0.2, 0.25) is 0 Å². The number of rotatable bonds is 0. The molecule has 0 aromatic heterocycles. The molecule has 2 aliphatic heterocycles. The Morgan fingerprint density at radius 2 is 1.76 bits per heavy atom. The smallest absolute Gasteiger partial charge is 0.334 e. The predicted molar refractivity (Wildman–Crippen MR) is 57.3 cm³/mol. The maximum atomic E-state index is 11.3. The Hall–Kier alpha value is -1.07. The molecule has 0 bridgehead atoms. The van der Waals surface area contributed by atoms with Gasteiger partial charge in [-0.25, -0.2) is 4.79 Å². The second-order valence-corrected chi connectivity index (χ2v) is 5.02. The first-order valence-corrected chi connectivity index (χ1v) is 6.02. The van der Waals surface area contributed by atoms with Gasteiger partial charge in [-0.15, -0.1) is 0 Å². The molecule has 3 rings (SSSR count). The van der Waals surface area contributed by atoms with Crippen molar-refractivity contribution in [3.05, 3.63) is 11.8 Å². The number of carbonyl (C=O) groups excluding carboxylic acids is 1. The van der Waals surface area contributed by atoms with Gasteiger partial charge in [0.15, 0.2) is 5.79 Å². The largest absolute Gasteiger partial charge is 0.512 e. The normalized spacial score (nSPS) is 30.4. The molecule has 0 aromatic rings.